The Morgan fingerprint density at radius 1 is 1.00 bits per heavy atom. The fraction of sp³-hybridized carbons (Fsp3) is 0.267. The van der Waals surface area contributed by atoms with Gasteiger partial charge in [-0.15, -0.1) is 0 Å². The van der Waals surface area contributed by atoms with Crippen LogP contribution in [0, 0.1) is 27.7 Å². The summed E-state index contributed by atoms with van der Waals surface area (Å²) < 4.78 is 5.21. The van der Waals surface area contributed by atoms with E-state index in [9.17, 15) is 0 Å². The second-order valence-corrected chi connectivity index (χ2v) is 4.99. The highest BCUT2D eigenvalue weighted by molar-refractivity contribution is 5.89. The zero-order chi connectivity index (χ0) is 14.3. The van der Waals surface area contributed by atoms with Crippen molar-refractivity contribution in [3.63, 3.8) is 0 Å². The van der Waals surface area contributed by atoms with Crippen molar-refractivity contribution in [2.75, 3.05) is 5.32 Å². The SMILES string of the molecule is Cc1nc(Nc2ccc(C)c(C)c2)c2c(C)noc2n1. The van der Waals surface area contributed by atoms with Crippen LogP contribution in [0.1, 0.15) is 22.6 Å². The molecule has 0 aliphatic carbocycles. The standard InChI is InChI=1S/C15H16N4O/c1-8-5-6-12(7-9(8)2)18-14-13-10(3)19-20-15(13)17-11(4)16-14/h5-7H,1-4H3,(H,16,17,18). The van der Waals surface area contributed by atoms with Gasteiger partial charge in [0.1, 0.15) is 17.0 Å². The van der Waals surface area contributed by atoms with Crippen LogP contribution < -0.4 is 5.32 Å². The summed E-state index contributed by atoms with van der Waals surface area (Å²) in [6.45, 7) is 7.90. The van der Waals surface area contributed by atoms with Gasteiger partial charge in [-0.2, -0.15) is 4.98 Å². The van der Waals surface area contributed by atoms with Crippen molar-refractivity contribution >= 4 is 22.6 Å². The molecule has 5 nitrogen and oxygen atoms in total. The average Bonchev–Trinajstić information content (AvgIpc) is 2.75. The number of hydrogen-bond donors (Lipinski definition) is 1. The van der Waals surface area contributed by atoms with Crippen LogP contribution in [0.4, 0.5) is 11.5 Å². The highest BCUT2D eigenvalue weighted by Gasteiger charge is 2.13. The van der Waals surface area contributed by atoms with Crippen molar-refractivity contribution in [1.82, 2.24) is 15.1 Å². The Morgan fingerprint density at radius 3 is 2.55 bits per heavy atom. The number of anilines is 2. The third-order valence-electron chi connectivity index (χ3n) is 3.39. The summed E-state index contributed by atoms with van der Waals surface area (Å²) in [5.41, 5.74) is 4.79. The summed E-state index contributed by atoms with van der Waals surface area (Å²) in [6, 6.07) is 6.22. The molecule has 0 unspecified atom stereocenters. The van der Waals surface area contributed by atoms with E-state index in [1.165, 1.54) is 11.1 Å². The summed E-state index contributed by atoms with van der Waals surface area (Å²) in [5, 5.41) is 8.11. The summed E-state index contributed by atoms with van der Waals surface area (Å²) in [6.07, 6.45) is 0. The largest absolute Gasteiger partial charge is 0.339 e. The predicted octanol–water partition coefficient (Wildman–Crippen LogP) is 3.60. The van der Waals surface area contributed by atoms with Gasteiger partial charge in [-0.1, -0.05) is 11.2 Å². The summed E-state index contributed by atoms with van der Waals surface area (Å²) in [4.78, 5) is 8.71. The maximum Gasteiger partial charge on any atom is 0.263 e. The van der Waals surface area contributed by atoms with Crippen LogP contribution in [0.15, 0.2) is 22.7 Å². The molecule has 20 heavy (non-hydrogen) atoms. The van der Waals surface area contributed by atoms with Gasteiger partial charge in [0.2, 0.25) is 0 Å². The van der Waals surface area contributed by atoms with Gasteiger partial charge in [-0.05, 0) is 51.0 Å². The zero-order valence-electron chi connectivity index (χ0n) is 12.0. The lowest BCUT2D eigenvalue weighted by atomic mass is 10.1. The Kier molecular flexibility index (Phi) is 2.89. The summed E-state index contributed by atoms with van der Waals surface area (Å²) in [5.74, 6) is 1.38. The topological polar surface area (TPSA) is 63.8 Å². The highest BCUT2D eigenvalue weighted by Crippen LogP contribution is 2.27. The van der Waals surface area contributed by atoms with Crippen LogP contribution >= 0.6 is 0 Å². The van der Waals surface area contributed by atoms with Gasteiger partial charge in [0.05, 0.1) is 5.69 Å². The number of nitrogens with one attached hydrogen (secondary N) is 1. The van der Waals surface area contributed by atoms with Crippen molar-refractivity contribution in [2.24, 2.45) is 0 Å². The first-order chi connectivity index (χ1) is 9.54. The first-order valence-corrected chi connectivity index (χ1v) is 6.49. The van der Waals surface area contributed by atoms with E-state index < -0.39 is 0 Å². The van der Waals surface area contributed by atoms with Gasteiger partial charge < -0.3 is 9.84 Å². The van der Waals surface area contributed by atoms with E-state index in [2.05, 4.69) is 46.4 Å². The number of rotatable bonds is 2. The fourth-order valence-electron chi connectivity index (χ4n) is 2.14. The van der Waals surface area contributed by atoms with Crippen molar-refractivity contribution in [3.05, 3.63) is 40.8 Å². The molecule has 3 rings (SSSR count). The molecule has 0 fully saturated rings. The van der Waals surface area contributed by atoms with Crippen LogP contribution in [-0.4, -0.2) is 15.1 Å². The molecule has 1 N–H and O–H groups in total. The molecule has 0 saturated carbocycles. The molecule has 0 saturated heterocycles. The smallest absolute Gasteiger partial charge is 0.263 e. The van der Waals surface area contributed by atoms with Gasteiger partial charge in [0.15, 0.2) is 0 Å². The molecule has 0 radical (unpaired) electrons. The lowest BCUT2D eigenvalue weighted by molar-refractivity contribution is 0.442. The first kappa shape index (κ1) is 12.6. The molecule has 0 bridgehead atoms. The molecule has 0 spiro atoms. The van der Waals surface area contributed by atoms with E-state index in [4.69, 9.17) is 4.52 Å². The number of benzene rings is 1. The first-order valence-electron chi connectivity index (χ1n) is 6.49. The van der Waals surface area contributed by atoms with E-state index in [0.717, 1.165) is 22.6 Å². The zero-order valence-corrected chi connectivity index (χ0v) is 12.0. The number of aromatic nitrogens is 3. The van der Waals surface area contributed by atoms with E-state index in [0.29, 0.717) is 11.5 Å². The third kappa shape index (κ3) is 2.11. The summed E-state index contributed by atoms with van der Waals surface area (Å²) >= 11 is 0. The third-order valence-corrected chi connectivity index (χ3v) is 3.39. The van der Waals surface area contributed by atoms with Gasteiger partial charge in [-0.3, -0.25) is 0 Å². The molecule has 0 aliphatic rings. The Labute approximate surface area is 117 Å². The average molecular weight is 268 g/mol. The number of nitrogens with zero attached hydrogens (tertiary/aromatic N) is 3. The molecule has 1 aromatic carbocycles. The molecular formula is C15H16N4O. The van der Waals surface area contributed by atoms with E-state index in [-0.39, 0.29) is 0 Å². The Balaban J connectivity index is 2.09. The Bertz CT molecular complexity index is 792. The van der Waals surface area contributed by atoms with Crippen molar-refractivity contribution in [1.29, 1.82) is 0 Å². The lowest BCUT2D eigenvalue weighted by Gasteiger charge is -2.09. The molecule has 0 atom stereocenters. The van der Waals surface area contributed by atoms with Crippen molar-refractivity contribution in [2.45, 2.75) is 27.7 Å². The molecular weight excluding hydrogens is 252 g/mol. The fourth-order valence-corrected chi connectivity index (χ4v) is 2.14. The van der Waals surface area contributed by atoms with Gasteiger partial charge in [0, 0.05) is 5.69 Å². The monoisotopic (exact) mass is 268 g/mol. The lowest BCUT2D eigenvalue weighted by Crippen LogP contribution is -1.99. The Morgan fingerprint density at radius 2 is 1.80 bits per heavy atom. The second kappa shape index (κ2) is 4.59. The van der Waals surface area contributed by atoms with Crippen molar-refractivity contribution < 1.29 is 4.52 Å². The van der Waals surface area contributed by atoms with E-state index in [1.54, 1.807) is 0 Å². The van der Waals surface area contributed by atoms with Crippen LogP contribution in [-0.2, 0) is 0 Å². The van der Waals surface area contributed by atoms with Gasteiger partial charge in [0.25, 0.3) is 5.71 Å². The van der Waals surface area contributed by atoms with Crippen LogP contribution in [0.25, 0.3) is 11.1 Å². The normalized spacial score (nSPS) is 11.0. The quantitative estimate of drug-likeness (QED) is 0.769. The Hall–Kier alpha value is -2.43. The second-order valence-electron chi connectivity index (χ2n) is 4.99. The molecule has 2 heterocycles. The molecule has 102 valence electrons. The molecule has 0 aliphatic heterocycles. The van der Waals surface area contributed by atoms with Crippen molar-refractivity contribution in [3.8, 4) is 0 Å². The van der Waals surface area contributed by atoms with Crippen LogP contribution in [0.2, 0.25) is 0 Å². The minimum Gasteiger partial charge on any atom is -0.339 e. The summed E-state index contributed by atoms with van der Waals surface area (Å²) in [7, 11) is 0. The minimum atomic E-state index is 0.515. The van der Waals surface area contributed by atoms with E-state index in [1.807, 2.05) is 19.9 Å². The van der Waals surface area contributed by atoms with Crippen LogP contribution in [0.5, 0.6) is 0 Å². The molecule has 5 heteroatoms. The molecule has 3 aromatic rings. The highest BCUT2D eigenvalue weighted by atomic mass is 16.5. The number of fused-ring (bicyclic) bond motifs is 1. The van der Waals surface area contributed by atoms with Gasteiger partial charge in [-0.25, -0.2) is 4.98 Å². The van der Waals surface area contributed by atoms with Crippen LogP contribution in [0.3, 0.4) is 0 Å². The molecule has 2 aromatic heterocycles. The maximum atomic E-state index is 5.21. The minimum absolute atomic E-state index is 0.515. The number of aryl methyl sites for hydroxylation is 4. The predicted molar refractivity (Wildman–Crippen MR) is 78.3 cm³/mol. The maximum absolute atomic E-state index is 5.21. The van der Waals surface area contributed by atoms with Gasteiger partial charge >= 0.3 is 0 Å². The number of hydrogen-bond acceptors (Lipinski definition) is 5. The molecule has 0 amide bonds. The van der Waals surface area contributed by atoms with E-state index >= 15 is 0 Å².